The summed E-state index contributed by atoms with van der Waals surface area (Å²) in [6.45, 7) is 1.92. The van der Waals surface area contributed by atoms with Crippen LogP contribution in [0.15, 0.2) is 18.3 Å². The average Bonchev–Trinajstić information content (AvgIpc) is 2.43. The zero-order valence-electron chi connectivity index (χ0n) is 12.6. The average molecular weight is 305 g/mol. The van der Waals surface area contributed by atoms with Crippen LogP contribution in [0.5, 0.6) is 5.88 Å². The van der Waals surface area contributed by atoms with Crippen molar-refractivity contribution >= 4 is 21.9 Å². The van der Waals surface area contributed by atoms with Crippen molar-refractivity contribution in [1.29, 1.82) is 0 Å². The molecule has 0 amide bonds. The normalized spacial score (nSPS) is 15.0. The molecular weight excluding hydrogens is 277 g/mol. The monoisotopic (exact) mass is 305 g/mol. The maximum Gasteiger partial charge on any atom is 0.217 e. The summed E-state index contributed by atoms with van der Waals surface area (Å²) >= 11 is 4.22. The molecule has 0 aromatic carbocycles. The number of fused-ring (bicyclic) bond motifs is 1. The predicted molar refractivity (Wildman–Crippen MR) is 91.6 cm³/mol. The number of thiol groups is 1. The van der Waals surface area contributed by atoms with Crippen LogP contribution in [0.4, 0.5) is 0 Å². The van der Waals surface area contributed by atoms with E-state index in [0.29, 0.717) is 0 Å². The van der Waals surface area contributed by atoms with Crippen LogP contribution in [0.25, 0.3) is 0 Å². The van der Waals surface area contributed by atoms with Crippen molar-refractivity contribution < 1.29 is 4.74 Å². The topological polar surface area (TPSA) is 46.2 Å². The van der Waals surface area contributed by atoms with Gasteiger partial charge < -0.3 is 15.4 Å². The number of hydrogen-bond donors (Lipinski definition) is 3. The maximum atomic E-state index is 5.38. The first-order chi connectivity index (χ1) is 9.19. The molecule has 0 radical (unpaired) electrons. The summed E-state index contributed by atoms with van der Waals surface area (Å²) in [4.78, 5) is 4.10. The van der Waals surface area contributed by atoms with E-state index < -0.39 is 0 Å². The van der Waals surface area contributed by atoms with Gasteiger partial charge in [0, 0.05) is 11.8 Å². The van der Waals surface area contributed by atoms with Gasteiger partial charge in [-0.15, -0.1) is 21.9 Å². The van der Waals surface area contributed by atoms with Crippen LogP contribution < -0.4 is 15.4 Å². The molecule has 2 rings (SSSR count). The number of pyridine rings is 1. The highest BCUT2D eigenvalue weighted by molar-refractivity contribution is 7.80. The molecular formula is C13H28N3OPS. The highest BCUT2D eigenvalue weighted by atomic mass is 32.1. The number of nitrogens with zero attached hydrogens (tertiary/aromatic N) is 1. The first kappa shape index (κ1) is 21.0. The molecule has 0 fully saturated rings. The van der Waals surface area contributed by atoms with Gasteiger partial charge >= 0.3 is 0 Å². The van der Waals surface area contributed by atoms with E-state index in [1.54, 1.807) is 6.20 Å². The third-order valence-electron chi connectivity index (χ3n) is 1.76. The van der Waals surface area contributed by atoms with Gasteiger partial charge in [-0.3, -0.25) is 0 Å². The van der Waals surface area contributed by atoms with Crippen LogP contribution in [0.1, 0.15) is 12.0 Å². The molecule has 4 nitrogen and oxygen atoms in total. The van der Waals surface area contributed by atoms with Gasteiger partial charge in [0.2, 0.25) is 5.88 Å². The lowest BCUT2D eigenvalue weighted by Crippen LogP contribution is -2.17. The van der Waals surface area contributed by atoms with E-state index >= 15 is 0 Å². The summed E-state index contributed by atoms with van der Waals surface area (Å²) < 4.78 is 5.38. The fraction of sp³-hybridized carbons (Fsp3) is 0.615. The Hall–Kier alpha value is -0.350. The van der Waals surface area contributed by atoms with Crippen LogP contribution in [-0.4, -0.2) is 45.3 Å². The van der Waals surface area contributed by atoms with E-state index in [0.717, 1.165) is 18.7 Å². The van der Waals surface area contributed by atoms with E-state index in [-0.39, 0.29) is 5.44 Å². The van der Waals surface area contributed by atoms with Crippen molar-refractivity contribution in [3.8, 4) is 5.88 Å². The second kappa shape index (κ2) is 15.7. The Balaban J connectivity index is 0. The van der Waals surface area contributed by atoms with Crippen molar-refractivity contribution in [3.05, 3.63) is 23.9 Å². The Morgan fingerprint density at radius 1 is 1.26 bits per heavy atom. The number of hydrogen-bond acceptors (Lipinski definition) is 5. The highest BCUT2D eigenvalue weighted by Crippen LogP contribution is 2.25. The van der Waals surface area contributed by atoms with Crippen molar-refractivity contribution in [1.82, 2.24) is 15.6 Å². The molecule has 19 heavy (non-hydrogen) atoms. The van der Waals surface area contributed by atoms with Crippen molar-refractivity contribution in [2.24, 2.45) is 0 Å². The van der Waals surface area contributed by atoms with Gasteiger partial charge in [-0.25, -0.2) is 4.98 Å². The van der Waals surface area contributed by atoms with Crippen LogP contribution >= 0.6 is 21.9 Å². The van der Waals surface area contributed by atoms with Crippen LogP contribution in [0.2, 0.25) is 0 Å². The predicted octanol–water partition coefficient (Wildman–Crippen LogP) is 1.82. The van der Waals surface area contributed by atoms with Gasteiger partial charge in [0.25, 0.3) is 0 Å². The lowest BCUT2D eigenvalue weighted by atomic mass is 10.1. The molecule has 112 valence electrons. The number of rotatable bonds is 0. The second-order valence-electron chi connectivity index (χ2n) is 3.58. The molecule has 0 spiro atoms. The highest BCUT2D eigenvalue weighted by Gasteiger charge is 2.16. The molecule has 1 aromatic rings. The van der Waals surface area contributed by atoms with Crippen LogP contribution in [0.3, 0.4) is 0 Å². The minimum atomic E-state index is 0.0254. The lowest BCUT2D eigenvalue weighted by Gasteiger charge is -2.20. The van der Waals surface area contributed by atoms with Gasteiger partial charge in [-0.05, 0) is 47.1 Å². The Morgan fingerprint density at radius 3 is 2.32 bits per heavy atom. The fourth-order valence-corrected chi connectivity index (χ4v) is 1.42. The summed E-state index contributed by atoms with van der Waals surface area (Å²) in [5.41, 5.74) is 1.22. The van der Waals surface area contributed by atoms with E-state index in [1.807, 2.05) is 47.0 Å². The third-order valence-corrected chi connectivity index (χ3v) is 2.12. The van der Waals surface area contributed by atoms with E-state index in [2.05, 4.69) is 37.5 Å². The molecule has 1 aliphatic rings. The quantitative estimate of drug-likeness (QED) is 0.505. The maximum absolute atomic E-state index is 5.38. The molecule has 2 atom stereocenters. The molecule has 2 unspecified atom stereocenters. The smallest absolute Gasteiger partial charge is 0.217 e. The summed E-state index contributed by atoms with van der Waals surface area (Å²) in [6, 6.07) is 3.98. The largest absolute Gasteiger partial charge is 0.463 e. The van der Waals surface area contributed by atoms with Crippen LogP contribution in [0, 0.1) is 0 Å². The second-order valence-corrected chi connectivity index (χ2v) is 4.15. The van der Waals surface area contributed by atoms with Crippen molar-refractivity contribution in [2.75, 3.05) is 34.9 Å². The van der Waals surface area contributed by atoms with E-state index in [9.17, 15) is 0 Å². The standard InChI is InChI=1S/C8H9NOS.2C2H7N.CH5P/c11-7-4-3-6-2-1-5-9-8(6)10-7;2*1-3-2;1-2/h1-2,5,7,11H,3-4H2;2*3H,1-2H3;2H2,1H3. The SMILES string of the molecule is CNC.CNC.CP.SC1CCc2cccnc2O1. The van der Waals surface area contributed by atoms with Gasteiger partial charge in [-0.2, -0.15) is 0 Å². The molecule has 0 saturated carbocycles. The summed E-state index contributed by atoms with van der Waals surface area (Å²) in [6.07, 6.45) is 3.74. The molecule has 2 N–H and O–H groups in total. The van der Waals surface area contributed by atoms with E-state index in [4.69, 9.17) is 4.74 Å². The zero-order valence-corrected chi connectivity index (χ0v) is 14.7. The minimum Gasteiger partial charge on any atom is -0.463 e. The van der Waals surface area contributed by atoms with Gasteiger partial charge in [-0.1, -0.05) is 12.7 Å². The Morgan fingerprint density at radius 2 is 1.79 bits per heavy atom. The summed E-state index contributed by atoms with van der Waals surface area (Å²) in [5.74, 6) is 0.749. The Kier molecular flexibility index (Phi) is 17.3. The molecule has 0 aliphatic carbocycles. The number of nitrogens with one attached hydrogen (secondary N) is 2. The van der Waals surface area contributed by atoms with Crippen molar-refractivity contribution in [2.45, 2.75) is 18.3 Å². The Labute approximate surface area is 125 Å². The summed E-state index contributed by atoms with van der Waals surface area (Å²) in [5, 5.41) is 5.50. The number of ether oxygens (including phenoxy) is 1. The van der Waals surface area contributed by atoms with Crippen molar-refractivity contribution in [3.63, 3.8) is 0 Å². The van der Waals surface area contributed by atoms with Gasteiger partial charge in [0.1, 0.15) is 5.44 Å². The summed E-state index contributed by atoms with van der Waals surface area (Å²) in [7, 11) is 9.92. The molecule has 0 saturated heterocycles. The zero-order chi connectivity index (χ0) is 15.1. The van der Waals surface area contributed by atoms with Gasteiger partial charge in [0.15, 0.2) is 0 Å². The first-order valence-electron chi connectivity index (χ1n) is 6.22. The Bertz CT molecular complexity index is 301. The first-order valence-corrected chi connectivity index (χ1v) is 7.90. The molecule has 0 bridgehead atoms. The van der Waals surface area contributed by atoms with E-state index in [1.165, 1.54) is 5.56 Å². The molecule has 1 aromatic heterocycles. The lowest BCUT2D eigenvalue weighted by molar-refractivity contribution is 0.247. The third kappa shape index (κ3) is 11.2. The molecule has 2 heterocycles. The minimum absolute atomic E-state index is 0.0254. The fourth-order valence-electron chi connectivity index (χ4n) is 1.19. The number of aryl methyl sites for hydroxylation is 1. The van der Waals surface area contributed by atoms with Gasteiger partial charge in [0.05, 0.1) is 0 Å². The molecule has 6 heteroatoms. The molecule has 1 aliphatic heterocycles. The van der Waals surface area contributed by atoms with Crippen LogP contribution in [-0.2, 0) is 6.42 Å². The number of aromatic nitrogens is 1.